The molecule has 0 radical (unpaired) electrons. The van der Waals surface area contributed by atoms with Gasteiger partial charge in [0.15, 0.2) is 9.84 Å². The van der Waals surface area contributed by atoms with Crippen LogP contribution in [-0.2, 0) is 25.4 Å². The number of rotatable bonds is 6. The van der Waals surface area contributed by atoms with Gasteiger partial charge in [0.1, 0.15) is 0 Å². The first-order valence-corrected chi connectivity index (χ1v) is 10.4. The van der Waals surface area contributed by atoms with Gasteiger partial charge in [0.05, 0.1) is 26.0 Å². The van der Waals surface area contributed by atoms with E-state index >= 15 is 0 Å². The van der Waals surface area contributed by atoms with Crippen LogP contribution in [0.15, 0.2) is 52.3 Å². The number of carbonyl (C=O) groups is 1. The summed E-state index contributed by atoms with van der Waals surface area (Å²) in [5.41, 5.74) is -7.07. The number of nitro benzene ring substituents is 1. The minimum absolute atomic E-state index is 0.0107. The topological polar surface area (TPSA) is 149 Å². The summed E-state index contributed by atoms with van der Waals surface area (Å²) in [4.78, 5) is 18.5. The second kappa shape index (κ2) is 7.44. The lowest BCUT2D eigenvalue weighted by atomic mass is 10.2. The maximum Gasteiger partial charge on any atom is 0.501 e. The largest absolute Gasteiger partial charge is 0.501 e. The Balaban J connectivity index is 2.57. The highest BCUT2D eigenvalue weighted by molar-refractivity contribution is 7.92. The number of aromatic carboxylic acids is 1. The highest BCUT2D eigenvalue weighted by Crippen LogP contribution is 2.32. The van der Waals surface area contributed by atoms with Crippen molar-refractivity contribution in [2.45, 2.75) is 21.1 Å². The quantitative estimate of drug-likeness (QED) is 0.518. The predicted molar refractivity (Wildman–Crippen MR) is 90.6 cm³/mol. The summed E-state index contributed by atoms with van der Waals surface area (Å²) < 4.78 is 86.6. The van der Waals surface area contributed by atoms with Gasteiger partial charge < -0.3 is 5.11 Å². The summed E-state index contributed by atoms with van der Waals surface area (Å²) in [5.74, 6) is -2.70. The molecule has 2 aromatic carbocycles. The summed E-state index contributed by atoms with van der Waals surface area (Å²) in [5, 5.41) is 19.6. The lowest BCUT2D eigenvalue weighted by Gasteiger charge is -2.11. The van der Waals surface area contributed by atoms with E-state index in [9.17, 15) is 44.9 Å². The second-order valence-corrected chi connectivity index (χ2v) is 9.56. The molecule has 0 saturated heterocycles. The van der Waals surface area contributed by atoms with E-state index in [1.165, 1.54) is 0 Å². The van der Waals surface area contributed by atoms with E-state index in [-0.39, 0.29) is 23.4 Å². The molecule has 0 aliphatic rings. The van der Waals surface area contributed by atoms with Crippen molar-refractivity contribution in [3.8, 4) is 0 Å². The molecule has 0 bridgehead atoms. The van der Waals surface area contributed by atoms with Gasteiger partial charge in [0.25, 0.3) is 15.5 Å². The molecule has 2 aromatic rings. The second-order valence-electron chi connectivity index (χ2n) is 5.63. The molecule has 0 atom stereocenters. The fourth-order valence-corrected chi connectivity index (χ4v) is 4.50. The molecule has 0 unspecified atom stereocenters. The normalized spacial score (nSPS) is 12.5. The maximum absolute atomic E-state index is 12.8. The smallest absolute Gasteiger partial charge is 0.478 e. The third-order valence-electron chi connectivity index (χ3n) is 3.60. The van der Waals surface area contributed by atoms with Crippen molar-refractivity contribution in [3.63, 3.8) is 0 Å². The number of nitrogens with zero attached hydrogens (tertiary/aromatic N) is 1. The zero-order chi connectivity index (χ0) is 22.2. The van der Waals surface area contributed by atoms with Gasteiger partial charge in [-0.2, -0.15) is 13.2 Å². The molecule has 0 spiro atoms. The van der Waals surface area contributed by atoms with E-state index in [1.54, 1.807) is 0 Å². The summed E-state index contributed by atoms with van der Waals surface area (Å²) >= 11 is 0. The monoisotopic (exact) mass is 453 g/mol. The molecule has 0 heterocycles. The molecule has 14 heteroatoms. The van der Waals surface area contributed by atoms with E-state index < -0.39 is 57.2 Å². The van der Waals surface area contributed by atoms with Crippen LogP contribution in [0.25, 0.3) is 0 Å². The van der Waals surface area contributed by atoms with E-state index in [0.717, 1.165) is 24.3 Å². The number of carboxylic acid groups (broad SMARTS) is 1. The number of carboxylic acids is 1. The fourth-order valence-electron chi connectivity index (χ4n) is 2.18. The number of hydrogen-bond acceptors (Lipinski definition) is 7. The highest BCUT2D eigenvalue weighted by Gasteiger charge is 2.47. The van der Waals surface area contributed by atoms with Crippen LogP contribution >= 0.6 is 0 Å². The summed E-state index contributed by atoms with van der Waals surface area (Å²) in [6.45, 7) is 0. The molecule has 0 saturated carbocycles. The molecule has 0 amide bonds. The number of sulfone groups is 2. The minimum Gasteiger partial charge on any atom is -0.478 e. The van der Waals surface area contributed by atoms with Crippen LogP contribution in [-0.4, -0.2) is 38.3 Å². The first-order valence-electron chi connectivity index (χ1n) is 7.31. The van der Waals surface area contributed by atoms with Crippen LogP contribution in [0.3, 0.4) is 0 Å². The van der Waals surface area contributed by atoms with Gasteiger partial charge in [-0.15, -0.1) is 0 Å². The number of alkyl halides is 3. The number of nitro groups is 1. The molecule has 29 heavy (non-hydrogen) atoms. The van der Waals surface area contributed by atoms with Crippen molar-refractivity contribution in [3.05, 3.63) is 63.7 Å². The maximum atomic E-state index is 12.8. The van der Waals surface area contributed by atoms with Gasteiger partial charge in [-0.05, 0) is 23.8 Å². The third kappa shape index (κ3) is 4.71. The molecule has 9 nitrogen and oxygen atoms in total. The first kappa shape index (κ1) is 22.3. The number of hydrogen-bond donors (Lipinski definition) is 1. The Labute approximate surface area is 161 Å². The predicted octanol–water partition coefficient (Wildman–Crippen LogP) is 2.56. The van der Waals surface area contributed by atoms with E-state index in [0.29, 0.717) is 6.07 Å². The zero-order valence-electron chi connectivity index (χ0n) is 14.0. The third-order valence-corrected chi connectivity index (χ3v) is 6.74. The van der Waals surface area contributed by atoms with Crippen molar-refractivity contribution in [1.29, 1.82) is 0 Å². The summed E-state index contributed by atoms with van der Waals surface area (Å²) in [7, 11) is -10.5. The van der Waals surface area contributed by atoms with Crippen LogP contribution in [0.5, 0.6) is 0 Å². The van der Waals surface area contributed by atoms with E-state index in [2.05, 4.69) is 0 Å². The Bertz CT molecular complexity index is 1190. The van der Waals surface area contributed by atoms with E-state index in [4.69, 9.17) is 5.11 Å². The van der Waals surface area contributed by atoms with Crippen molar-refractivity contribution in [1.82, 2.24) is 0 Å². The van der Waals surface area contributed by atoms with Crippen LogP contribution in [0.2, 0.25) is 0 Å². The zero-order valence-corrected chi connectivity index (χ0v) is 15.6. The van der Waals surface area contributed by atoms with Gasteiger partial charge in [-0.3, -0.25) is 10.1 Å². The van der Waals surface area contributed by atoms with Crippen LogP contribution in [0.1, 0.15) is 15.9 Å². The SMILES string of the molecule is O=C(O)c1cc(S(=O)(=O)Cc2ccc([N+](=O)[O-])cc2)cc(S(=O)(=O)C(F)(F)F)c1. The molecule has 2 rings (SSSR count). The molecule has 156 valence electrons. The van der Waals surface area contributed by atoms with Crippen molar-refractivity contribution >= 4 is 31.3 Å². The Hall–Kier alpha value is -3.00. The van der Waals surface area contributed by atoms with Crippen molar-refractivity contribution < 1.29 is 44.8 Å². The summed E-state index contributed by atoms with van der Waals surface area (Å²) in [6, 6.07) is 5.12. The highest BCUT2D eigenvalue weighted by atomic mass is 32.2. The Morgan fingerprint density at radius 3 is 1.97 bits per heavy atom. The lowest BCUT2D eigenvalue weighted by Crippen LogP contribution is -2.24. The number of benzene rings is 2. The van der Waals surface area contributed by atoms with Crippen LogP contribution in [0, 0.1) is 10.1 Å². The Morgan fingerprint density at radius 2 is 1.52 bits per heavy atom. The fraction of sp³-hybridized carbons (Fsp3) is 0.133. The average Bonchev–Trinajstić information content (AvgIpc) is 2.60. The van der Waals surface area contributed by atoms with Gasteiger partial charge in [-0.1, -0.05) is 12.1 Å². The van der Waals surface area contributed by atoms with Crippen LogP contribution < -0.4 is 0 Å². The lowest BCUT2D eigenvalue weighted by molar-refractivity contribution is -0.384. The van der Waals surface area contributed by atoms with Crippen LogP contribution in [0.4, 0.5) is 18.9 Å². The Morgan fingerprint density at radius 1 is 1.00 bits per heavy atom. The van der Waals surface area contributed by atoms with Crippen molar-refractivity contribution in [2.75, 3.05) is 0 Å². The van der Waals surface area contributed by atoms with Gasteiger partial charge in [0.2, 0.25) is 0 Å². The Kier molecular flexibility index (Phi) is 5.72. The van der Waals surface area contributed by atoms with Crippen molar-refractivity contribution in [2.24, 2.45) is 0 Å². The molecular weight excluding hydrogens is 443 g/mol. The van der Waals surface area contributed by atoms with Gasteiger partial charge >= 0.3 is 11.5 Å². The first-order chi connectivity index (χ1) is 13.1. The average molecular weight is 453 g/mol. The van der Waals surface area contributed by atoms with E-state index in [1.807, 2.05) is 0 Å². The molecule has 0 aliphatic heterocycles. The van der Waals surface area contributed by atoms with Gasteiger partial charge in [-0.25, -0.2) is 21.6 Å². The number of non-ortho nitro benzene ring substituents is 1. The molecule has 0 fully saturated rings. The summed E-state index contributed by atoms with van der Waals surface area (Å²) in [6.07, 6.45) is 0. The van der Waals surface area contributed by atoms with Gasteiger partial charge in [0, 0.05) is 12.1 Å². The molecular formula is C15H10F3NO8S2. The molecule has 0 aliphatic carbocycles. The standard InChI is InChI=1S/C15H10F3NO8S2/c16-15(17,18)29(26,27)13-6-10(14(20)21)5-12(7-13)28(24,25)8-9-1-3-11(4-2-9)19(22)23/h1-7H,8H2,(H,20,21). The minimum atomic E-state index is -6.01. The molecule has 1 N–H and O–H groups in total. The molecule has 0 aromatic heterocycles. The number of halogens is 3.